The van der Waals surface area contributed by atoms with Crippen molar-refractivity contribution in [3.8, 4) is 0 Å². The van der Waals surface area contributed by atoms with Crippen LogP contribution in [0.5, 0.6) is 0 Å². The van der Waals surface area contributed by atoms with E-state index in [-0.39, 0.29) is 23.8 Å². The highest BCUT2D eigenvalue weighted by Crippen LogP contribution is 2.48. The normalized spacial score (nSPS) is 21.3. The minimum Gasteiger partial charge on any atom is -0.375 e. The summed E-state index contributed by atoms with van der Waals surface area (Å²) >= 11 is 0. The molecule has 1 unspecified atom stereocenters. The van der Waals surface area contributed by atoms with E-state index < -0.39 is 0 Å². The molecule has 3 aromatic rings. The number of urea groups is 1. The van der Waals surface area contributed by atoms with Crippen molar-refractivity contribution in [1.82, 2.24) is 15.8 Å². The van der Waals surface area contributed by atoms with Crippen LogP contribution in [0.25, 0.3) is 5.57 Å². The van der Waals surface area contributed by atoms with E-state index in [1.165, 1.54) is 5.69 Å². The lowest BCUT2D eigenvalue weighted by Crippen LogP contribution is -2.48. The van der Waals surface area contributed by atoms with Gasteiger partial charge in [-0.2, -0.15) is 0 Å². The monoisotopic (exact) mass is 575 g/mol. The number of carbonyl (C=O) groups is 2. The molecule has 2 saturated heterocycles. The maximum absolute atomic E-state index is 13.9. The number of ether oxygens (including phenoxy) is 1. The van der Waals surface area contributed by atoms with Gasteiger partial charge in [0.15, 0.2) is 5.78 Å². The molecule has 4 aliphatic rings. The lowest BCUT2D eigenvalue weighted by atomic mass is 9.97. The van der Waals surface area contributed by atoms with Crippen molar-refractivity contribution in [3.05, 3.63) is 113 Å². The lowest BCUT2D eigenvalue weighted by molar-refractivity contribution is 0.0538. The number of piperazine rings is 1. The van der Waals surface area contributed by atoms with Gasteiger partial charge in [0.25, 0.3) is 0 Å². The summed E-state index contributed by atoms with van der Waals surface area (Å²) in [6, 6.07) is 24.1. The highest BCUT2D eigenvalue weighted by Gasteiger charge is 2.39. The van der Waals surface area contributed by atoms with Crippen LogP contribution >= 0.6 is 0 Å². The number of carbonyl (C=O) groups excluding carboxylic acids is 2. The first kappa shape index (κ1) is 27.6. The summed E-state index contributed by atoms with van der Waals surface area (Å²) in [6.45, 7) is 5.81. The third-order valence-electron chi connectivity index (χ3n) is 8.91. The van der Waals surface area contributed by atoms with Gasteiger partial charge in [0, 0.05) is 55.5 Å². The fourth-order valence-corrected chi connectivity index (χ4v) is 6.74. The number of amides is 2. The van der Waals surface area contributed by atoms with Crippen molar-refractivity contribution in [2.75, 3.05) is 49.5 Å². The fourth-order valence-electron chi connectivity index (χ4n) is 6.74. The van der Waals surface area contributed by atoms with Gasteiger partial charge in [-0.05, 0) is 53.3 Å². The Morgan fingerprint density at radius 1 is 0.953 bits per heavy atom. The molecule has 0 spiro atoms. The Morgan fingerprint density at radius 2 is 1.77 bits per heavy atom. The van der Waals surface area contributed by atoms with Gasteiger partial charge in [0.1, 0.15) is 0 Å². The largest absolute Gasteiger partial charge is 0.375 e. The van der Waals surface area contributed by atoms with E-state index in [0.29, 0.717) is 24.5 Å². The van der Waals surface area contributed by atoms with Crippen LogP contribution < -0.4 is 21.0 Å². The zero-order chi connectivity index (χ0) is 29.2. The molecule has 43 heavy (non-hydrogen) atoms. The Morgan fingerprint density at radius 3 is 2.58 bits per heavy atom. The van der Waals surface area contributed by atoms with Crippen LogP contribution in [0.3, 0.4) is 0 Å². The summed E-state index contributed by atoms with van der Waals surface area (Å²) in [5, 5.41) is 8.33. The van der Waals surface area contributed by atoms with Crippen LogP contribution in [-0.4, -0.2) is 62.2 Å². The highest BCUT2D eigenvalue weighted by atomic mass is 16.5. The third kappa shape index (κ3) is 5.61. The molecule has 2 atom stereocenters. The molecule has 3 aromatic carbocycles. The number of rotatable bonds is 8. The first-order chi connectivity index (χ1) is 21.2. The zero-order valence-electron chi connectivity index (χ0n) is 24.2. The number of nitrogens with one attached hydrogen (secondary N) is 3. The van der Waals surface area contributed by atoms with Gasteiger partial charge in [-0.3, -0.25) is 10.2 Å². The number of Topliss-reactive ketones (excluding diaryl/α,β-unsaturated/α-hetero) is 1. The quantitative estimate of drug-likeness (QED) is 0.346. The van der Waals surface area contributed by atoms with Gasteiger partial charge < -0.3 is 20.3 Å². The van der Waals surface area contributed by atoms with Crippen molar-refractivity contribution in [1.29, 1.82) is 0 Å². The Hall–Kier alpha value is -4.24. The average molecular weight is 576 g/mol. The molecule has 0 bridgehead atoms. The number of anilines is 2. The summed E-state index contributed by atoms with van der Waals surface area (Å²) in [7, 11) is 0. The van der Waals surface area contributed by atoms with Gasteiger partial charge in [-0.1, -0.05) is 66.7 Å². The molecule has 2 fully saturated rings. The lowest BCUT2D eigenvalue weighted by Gasteiger charge is -2.29. The Labute approximate surface area is 252 Å². The molecular weight excluding hydrogens is 538 g/mol. The third-order valence-corrected chi connectivity index (χ3v) is 8.91. The van der Waals surface area contributed by atoms with E-state index in [0.717, 1.165) is 73.4 Å². The summed E-state index contributed by atoms with van der Waals surface area (Å²) in [5.41, 5.74) is 10.2. The van der Waals surface area contributed by atoms with Gasteiger partial charge in [0.2, 0.25) is 0 Å². The number of hydrogen-bond acceptors (Lipinski definition) is 6. The molecule has 220 valence electrons. The summed E-state index contributed by atoms with van der Waals surface area (Å²) in [4.78, 5) is 29.4. The summed E-state index contributed by atoms with van der Waals surface area (Å²) in [6.07, 6.45) is 6.11. The van der Waals surface area contributed by atoms with Crippen molar-refractivity contribution in [3.63, 3.8) is 0 Å². The molecule has 3 N–H and O–H groups in total. The van der Waals surface area contributed by atoms with Crippen LogP contribution in [0.4, 0.5) is 16.2 Å². The van der Waals surface area contributed by atoms with Gasteiger partial charge in [-0.15, -0.1) is 0 Å². The second-order valence-corrected chi connectivity index (χ2v) is 11.6. The topological polar surface area (TPSA) is 85.9 Å². The van der Waals surface area contributed by atoms with Crippen LogP contribution in [0.15, 0.2) is 90.5 Å². The molecule has 0 aromatic heterocycles. The molecular formula is C35H37N5O3. The minimum atomic E-state index is -0.346. The summed E-state index contributed by atoms with van der Waals surface area (Å²) < 4.78 is 5.96. The predicted octanol–water partition coefficient (Wildman–Crippen LogP) is 5.12. The first-order valence-electron chi connectivity index (χ1n) is 15.3. The molecule has 0 saturated carbocycles. The molecule has 7 rings (SSSR count). The van der Waals surface area contributed by atoms with Crippen molar-refractivity contribution >= 4 is 28.8 Å². The number of hydrogen-bond donors (Lipinski definition) is 3. The molecule has 2 amide bonds. The fraction of sp³-hybridized carbons (Fsp3) is 0.314. The van der Waals surface area contributed by atoms with E-state index in [1.54, 1.807) is 0 Å². The first-order valence-corrected chi connectivity index (χ1v) is 15.3. The Balaban J connectivity index is 1.03. The van der Waals surface area contributed by atoms with Crippen LogP contribution in [0, 0.1) is 0 Å². The number of allylic oxidation sites excluding steroid dienone is 4. The zero-order valence-corrected chi connectivity index (χ0v) is 24.2. The average Bonchev–Trinajstić information content (AvgIpc) is 3.75. The van der Waals surface area contributed by atoms with Crippen LogP contribution in [0.1, 0.15) is 45.8 Å². The van der Waals surface area contributed by atoms with E-state index in [9.17, 15) is 9.59 Å². The van der Waals surface area contributed by atoms with E-state index in [1.807, 2.05) is 53.5 Å². The van der Waals surface area contributed by atoms with E-state index >= 15 is 0 Å². The molecule has 2 aliphatic heterocycles. The maximum atomic E-state index is 13.9. The number of nitrogens with zero attached hydrogens (tertiary/aromatic N) is 2. The second-order valence-electron chi connectivity index (χ2n) is 11.6. The smallest absolute Gasteiger partial charge is 0.333 e. The van der Waals surface area contributed by atoms with Gasteiger partial charge in [0.05, 0.1) is 24.9 Å². The molecule has 2 heterocycles. The SMILES string of the molecule is O=C(Nc1cccc2c1C(=O)C1=C(c3ccc(N4CCNCC4)cc3)C=CC12)NN1CCC[C@@H]1COCc1ccccc1. The highest BCUT2D eigenvalue weighted by molar-refractivity contribution is 6.23. The Bertz CT molecular complexity index is 1560. The number of benzene rings is 3. The predicted molar refractivity (Wildman–Crippen MR) is 169 cm³/mol. The molecule has 8 nitrogen and oxygen atoms in total. The van der Waals surface area contributed by atoms with Crippen molar-refractivity contribution in [2.24, 2.45) is 0 Å². The summed E-state index contributed by atoms with van der Waals surface area (Å²) in [5.74, 6) is -0.115. The van der Waals surface area contributed by atoms with Crippen molar-refractivity contribution < 1.29 is 14.3 Å². The molecule has 8 heteroatoms. The van der Waals surface area contributed by atoms with Gasteiger partial charge in [-0.25, -0.2) is 9.80 Å². The molecule has 0 radical (unpaired) electrons. The second kappa shape index (κ2) is 12.2. The van der Waals surface area contributed by atoms with Crippen LogP contribution in [-0.2, 0) is 11.3 Å². The standard InChI is InChI=1S/C35H37N5O3/c41-34-32-28(25-11-13-26(14-12-25)39-20-17-36-18-21-39)15-16-30(32)29-9-4-10-31(33(29)34)37-35(42)38-40-19-5-8-27(40)23-43-22-24-6-2-1-3-7-24/h1-4,6-7,9-16,27,30,36H,5,8,17-23H2,(H2,37,38,42)/t27-,30?/m1/s1. The Kier molecular flexibility index (Phi) is 7.80. The van der Waals surface area contributed by atoms with E-state index in [2.05, 4.69) is 57.4 Å². The number of hydrazine groups is 1. The number of ketones is 1. The minimum absolute atomic E-state index is 0.0181. The number of fused-ring (bicyclic) bond motifs is 3. The molecule has 2 aliphatic carbocycles. The maximum Gasteiger partial charge on any atom is 0.333 e. The van der Waals surface area contributed by atoms with E-state index in [4.69, 9.17) is 4.74 Å². The van der Waals surface area contributed by atoms with Crippen LogP contribution in [0.2, 0.25) is 0 Å². The van der Waals surface area contributed by atoms with Gasteiger partial charge >= 0.3 is 6.03 Å². The van der Waals surface area contributed by atoms with Crippen molar-refractivity contribution in [2.45, 2.75) is 31.4 Å².